The van der Waals surface area contributed by atoms with Crippen molar-refractivity contribution in [1.82, 2.24) is 10.2 Å². The minimum atomic E-state index is -3.92. The van der Waals surface area contributed by atoms with Gasteiger partial charge in [-0.3, -0.25) is 13.9 Å². The molecule has 0 unspecified atom stereocenters. The first-order valence-electron chi connectivity index (χ1n) is 12.2. The molecule has 0 saturated heterocycles. The van der Waals surface area contributed by atoms with Gasteiger partial charge in [0.1, 0.15) is 18.4 Å². The van der Waals surface area contributed by atoms with Crippen molar-refractivity contribution in [3.05, 3.63) is 64.9 Å². The van der Waals surface area contributed by atoms with E-state index in [1.165, 1.54) is 17.0 Å². The number of halogens is 2. The average molecular weight is 538 g/mol. The van der Waals surface area contributed by atoms with Gasteiger partial charge in [-0.05, 0) is 43.0 Å². The summed E-state index contributed by atoms with van der Waals surface area (Å²) in [6.07, 6.45) is 6.39. The fraction of sp³-hybridized carbons (Fsp3) is 0.462. The Morgan fingerprint density at radius 2 is 1.78 bits per heavy atom. The van der Waals surface area contributed by atoms with Crippen LogP contribution in [0.4, 0.5) is 10.1 Å². The lowest BCUT2D eigenvalue weighted by Gasteiger charge is -2.34. The van der Waals surface area contributed by atoms with Crippen molar-refractivity contribution in [3.8, 4) is 0 Å². The highest BCUT2D eigenvalue weighted by atomic mass is 35.5. The van der Waals surface area contributed by atoms with Crippen LogP contribution in [0.2, 0.25) is 5.02 Å². The maximum atomic E-state index is 13.7. The molecular formula is C26H33ClFN3O4S. The molecule has 0 spiro atoms. The van der Waals surface area contributed by atoms with Gasteiger partial charge in [0.25, 0.3) is 0 Å². The molecule has 0 radical (unpaired) electrons. The Hall–Kier alpha value is -2.65. The fourth-order valence-electron chi connectivity index (χ4n) is 4.50. The monoisotopic (exact) mass is 537 g/mol. The zero-order chi connectivity index (χ0) is 26.3. The van der Waals surface area contributed by atoms with Gasteiger partial charge in [-0.25, -0.2) is 12.8 Å². The fourth-order valence-corrected chi connectivity index (χ4v) is 5.51. The molecule has 0 aliphatic heterocycles. The molecule has 0 bridgehead atoms. The molecule has 2 aromatic carbocycles. The molecule has 1 aliphatic rings. The van der Waals surface area contributed by atoms with E-state index in [4.69, 9.17) is 11.6 Å². The van der Waals surface area contributed by atoms with Crippen LogP contribution in [0.3, 0.4) is 0 Å². The Morgan fingerprint density at radius 3 is 2.36 bits per heavy atom. The first-order valence-corrected chi connectivity index (χ1v) is 14.4. The number of sulfonamides is 1. The van der Waals surface area contributed by atoms with Crippen molar-refractivity contribution in [2.75, 3.05) is 17.1 Å². The highest BCUT2D eigenvalue weighted by Crippen LogP contribution is 2.25. The average Bonchev–Trinajstić information content (AvgIpc) is 2.84. The summed E-state index contributed by atoms with van der Waals surface area (Å²) < 4.78 is 39.8. The van der Waals surface area contributed by atoms with Gasteiger partial charge in [0.2, 0.25) is 21.8 Å². The van der Waals surface area contributed by atoms with Gasteiger partial charge in [-0.1, -0.05) is 68.1 Å². The van der Waals surface area contributed by atoms with Gasteiger partial charge in [-0.2, -0.15) is 0 Å². The van der Waals surface area contributed by atoms with Crippen LogP contribution in [0.5, 0.6) is 0 Å². The summed E-state index contributed by atoms with van der Waals surface area (Å²) >= 11 is 5.88. The smallest absolute Gasteiger partial charge is 0.244 e. The van der Waals surface area contributed by atoms with E-state index in [1.54, 1.807) is 0 Å². The number of amides is 2. The van der Waals surface area contributed by atoms with E-state index in [1.807, 2.05) is 37.3 Å². The Labute approximate surface area is 217 Å². The molecule has 1 aliphatic carbocycles. The molecule has 1 saturated carbocycles. The number of rotatable bonds is 10. The van der Waals surface area contributed by atoms with Crippen molar-refractivity contribution in [1.29, 1.82) is 0 Å². The van der Waals surface area contributed by atoms with Crippen molar-refractivity contribution in [3.63, 3.8) is 0 Å². The molecule has 1 fully saturated rings. The first-order chi connectivity index (χ1) is 17.1. The number of carbonyl (C=O) groups is 2. The molecule has 2 aromatic rings. The largest absolute Gasteiger partial charge is 0.352 e. The minimum absolute atomic E-state index is 0.0663. The van der Waals surface area contributed by atoms with Gasteiger partial charge in [0.05, 0.1) is 17.0 Å². The maximum Gasteiger partial charge on any atom is 0.244 e. The first kappa shape index (κ1) is 27.9. The molecule has 0 heterocycles. The van der Waals surface area contributed by atoms with Crippen LogP contribution in [0, 0.1) is 5.82 Å². The molecule has 36 heavy (non-hydrogen) atoms. The Kier molecular flexibility index (Phi) is 9.73. The van der Waals surface area contributed by atoms with Crippen LogP contribution in [0.25, 0.3) is 0 Å². The lowest BCUT2D eigenvalue weighted by molar-refractivity contribution is -0.140. The lowest BCUT2D eigenvalue weighted by Crippen LogP contribution is -2.53. The summed E-state index contributed by atoms with van der Waals surface area (Å²) in [6, 6.07) is 12.0. The molecule has 2 amide bonds. The van der Waals surface area contributed by atoms with Crippen molar-refractivity contribution in [2.45, 2.75) is 64.1 Å². The third kappa shape index (κ3) is 7.43. The number of hydrogen-bond donors (Lipinski definition) is 1. The molecule has 3 rings (SSSR count). The maximum absolute atomic E-state index is 13.7. The van der Waals surface area contributed by atoms with Crippen LogP contribution < -0.4 is 9.62 Å². The quantitative estimate of drug-likeness (QED) is 0.483. The summed E-state index contributed by atoms with van der Waals surface area (Å²) in [6.45, 7) is 1.41. The van der Waals surface area contributed by atoms with Gasteiger partial charge >= 0.3 is 0 Å². The van der Waals surface area contributed by atoms with E-state index >= 15 is 0 Å². The van der Waals surface area contributed by atoms with E-state index in [9.17, 15) is 22.4 Å². The molecule has 7 nitrogen and oxygen atoms in total. The number of nitrogens with zero attached hydrogens (tertiary/aromatic N) is 2. The van der Waals surface area contributed by atoms with Crippen LogP contribution in [0.15, 0.2) is 48.5 Å². The van der Waals surface area contributed by atoms with Crippen LogP contribution in [-0.4, -0.2) is 50.0 Å². The number of nitrogens with one attached hydrogen (secondary N) is 1. The summed E-state index contributed by atoms with van der Waals surface area (Å²) in [5.74, 6) is -1.49. The molecule has 10 heteroatoms. The van der Waals surface area contributed by atoms with Gasteiger partial charge in [-0.15, -0.1) is 0 Å². The SMILES string of the molecule is CC[C@H](C(=O)NC1CCCCC1)N(Cc1ccccc1)C(=O)CN(c1ccc(F)c(Cl)c1)S(C)(=O)=O. The van der Waals surface area contributed by atoms with Crippen molar-refractivity contribution < 1.29 is 22.4 Å². The molecule has 0 aromatic heterocycles. The summed E-state index contributed by atoms with van der Waals surface area (Å²) in [7, 11) is -3.92. The summed E-state index contributed by atoms with van der Waals surface area (Å²) in [5.41, 5.74) is 0.877. The van der Waals surface area contributed by atoms with Crippen LogP contribution in [0.1, 0.15) is 51.0 Å². The zero-order valence-corrected chi connectivity index (χ0v) is 22.2. The highest BCUT2D eigenvalue weighted by molar-refractivity contribution is 7.92. The number of anilines is 1. The minimum Gasteiger partial charge on any atom is -0.352 e. The molecule has 1 atom stereocenters. The second kappa shape index (κ2) is 12.5. The lowest BCUT2D eigenvalue weighted by atomic mass is 9.95. The van der Waals surface area contributed by atoms with E-state index in [0.29, 0.717) is 6.42 Å². The summed E-state index contributed by atoms with van der Waals surface area (Å²) in [5, 5.41) is 2.84. The third-order valence-electron chi connectivity index (χ3n) is 6.40. The van der Waals surface area contributed by atoms with Gasteiger partial charge < -0.3 is 10.2 Å². The second-order valence-electron chi connectivity index (χ2n) is 9.14. The van der Waals surface area contributed by atoms with Crippen molar-refractivity contribution in [2.24, 2.45) is 0 Å². The number of carbonyl (C=O) groups excluding carboxylic acids is 2. The van der Waals surface area contributed by atoms with E-state index in [0.717, 1.165) is 54.3 Å². The molecule has 196 valence electrons. The Morgan fingerprint density at radius 1 is 1.11 bits per heavy atom. The zero-order valence-electron chi connectivity index (χ0n) is 20.6. The van der Waals surface area contributed by atoms with Crippen LogP contribution in [-0.2, 0) is 26.2 Å². The highest BCUT2D eigenvalue weighted by Gasteiger charge is 2.33. The number of hydrogen-bond acceptors (Lipinski definition) is 4. The van der Waals surface area contributed by atoms with Gasteiger partial charge in [0.15, 0.2) is 0 Å². The van der Waals surface area contributed by atoms with E-state index < -0.39 is 34.3 Å². The normalized spacial score (nSPS) is 15.2. The van der Waals surface area contributed by atoms with Crippen molar-refractivity contribution >= 4 is 39.1 Å². The van der Waals surface area contributed by atoms with E-state index in [2.05, 4.69) is 5.32 Å². The number of benzene rings is 2. The second-order valence-corrected chi connectivity index (χ2v) is 11.5. The molecule has 1 N–H and O–H groups in total. The van der Waals surface area contributed by atoms with Gasteiger partial charge in [0, 0.05) is 12.6 Å². The Bertz CT molecular complexity index is 1160. The Balaban J connectivity index is 1.90. The molecular weight excluding hydrogens is 505 g/mol. The topological polar surface area (TPSA) is 86.8 Å². The predicted molar refractivity (Wildman–Crippen MR) is 140 cm³/mol. The van der Waals surface area contributed by atoms with Crippen LogP contribution >= 0.6 is 11.6 Å². The standard InChI is InChI=1S/C26H33ClFN3O4S/c1-3-24(26(33)29-20-12-8-5-9-13-20)30(17-19-10-6-4-7-11-19)25(32)18-31(36(2,34)35)21-14-15-23(28)22(27)16-21/h4,6-7,10-11,14-16,20,24H,3,5,8-9,12-13,17-18H2,1-2H3,(H,29,33)/t24-/m1/s1. The van der Waals surface area contributed by atoms with E-state index in [-0.39, 0.29) is 29.2 Å². The predicted octanol–water partition coefficient (Wildman–Crippen LogP) is 4.50. The summed E-state index contributed by atoms with van der Waals surface area (Å²) in [4.78, 5) is 28.4. The third-order valence-corrected chi connectivity index (χ3v) is 7.83.